The van der Waals surface area contributed by atoms with Gasteiger partial charge < -0.3 is 19.5 Å². The third kappa shape index (κ3) is 4.33. The van der Waals surface area contributed by atoms with E-state index >= 15 is 0 Å². The molecule has 34 heavy (non-hydrogen) atoms. The fraction of sp³-hybridized carbons (Fsp3) is 0.538. The zero-order valence-electron chi connectivity index (χ0n) is 20.8. The molecule has 4 rings (SSSR count). The number of aromatic nitrogens is 1. The number of hydrogen-bond acceptors (Lipinski definition) is 5. The van der Waals surface area contributed by atoms with Crippen LogP contribution < -0.4 is 5.32 Å². The predicted octanol–water partition coefficient (Wildman–Crippen LogP) is 2.58. The summed E-state index contributed by atoms with van der Waals surface area (Å²) in [7, 11) is 3.29. The largest absolute Gasteiger partial charge is 0.446 e. The van der Waals surface area contributed by atoms with Crippen molar-refractivity contribution in [1.82, 2.24) is 20.1 Å². The number of nitrogens with one attached hydrogen (secondary N) is 1. The van der Waals surface area contributed by atoms with Crippen molar-refractivity contribution in [1.29, 1.82) is 0 Å². The number of amides is 3. The van der Waals surface area contributed by atoms with Gasteiger partial charge in [0.25, 0.3) is 5.91 Å². The summed E-state index contributed by atoms with van der Waals surface area (Å²) >= 11 is 0. The van der Waals surface area contributed by atoms with Gasteiger partial charge in [-0.25, -0.2) is 4.98 Å². The molecule has 8 nitrogen and oxygen atoms in total. The van der Waals surface area contributed by atoms with Gasteiger partial charge in [0.05, 0.1) is 0 Å². The highest BCUT2D eigenvalue weighted by atomic mass is 16.4. The molecule has 0 radical (unpaired) electrons. The van der Waals surface area contributed by atoms with Crippen LogP contribution in [0, 0.1) is 25.7 Å². The lowest BCUT2D eigenvalue weighted by Crippen LogP contribution is -2.67. The van der Waals surface area contributed by atoms with Crippen LogP contribution in [0.15, 0.2) is 28.7 Å². The second-order valence-electron chi connectivity index (χ2n) is 10.1. The Hall–Kier alpha value is -3.16. The Balaban J connectivity index is 1.77. The Morgan fingerprint density at radius 2 is 1.79 bits per heavy atom. The molecule has 1 saturated heterocycles. The van der Waals surface area contributed by atoms with E-state index in [1.54, 1.807) is 27.9 Å². The van der Waals surface area contributed by atoms with Crippen LogP contribution in [0.1, 0.15) is 54.8 Å². The number of carbonyl (C=O) groups is 3. The van der Waals surface area contributed by atoms with Gasteiger partial charge in [0, 0.05) is 21.0 Å². The summed E-state index contributed by atoms with van der Waals surface area (Å²) < 4.78 is 5.64. The molecule has 3 atom stereocenters. The highest BCUT2D eigenvalue weighted by Crippen LogP contribution is 2.36. The minimum Gasteiger partial charge on any atom is -0.446 e. The van der Waals surface area contributed by atoms with Gasteiger partial charge >= 0.3 is 0 Å². The molecule has 1 aromatic heterocycles. The minimum absolute atomic E-state index is 0.0633. The summed E-state index contributed by atoms with van der Waals surface area (Å²) in [4.78, 5) is 48.5. The summed E-state index contributed by atoms with van der Waals surface area (Å²) in [6.07, 6.45) is 1.87. The fourth-order valence-corrected chi connectivity index (χ4v) is 5.29. The lowest BCUT2D eigenvalue weighted by atomic mass is 9.88. The van der Waals surface area contributed by atoms with Gasteiger partial charge in [-0.1, -0.05) is 38.1 Å². The van der Waals surface area contributed by atoms with Crippen molar-refractivity contribution in [3.05, 3.63) is 52.7 Å². The molecule has 1 N–H and O–H groups in total. The van der Waals surface area contributed by atoms with Crippen molar-refractivity contribution in [3.63, 3.8) is 0 Å². The number of fused-ring (bicyclic) bond motifs is 1. The first-order valence-electron chi connectivity index (χ1n) is 11.9. The van der Waals surface area contributed by atoms with Gasteiger partial charge in [-0.3, -0.25) is 14.4 Å². The number of oxazole rings is 1. The van der Waals surface area contributed by atoms with E-state index in [1.165, 1.54) is 20.9 Å². The van der Waals surface area contributed by atoms with Crippen molar-refractivity contribution in [3.8, 4) is 0 Å². The van der Waals surface area contributed by atoms with E-state index < -0.39 is 18.1 Å². The van der Waals surface area contributed by atoms with E-state index in [0.29, 0.717) is 36.6 Å². The average Bonchev–Trinajstić information content (AvgIpc) is 3.34. The van der Waals surface area contributed by atoms with Crippen molar-refractivity contribution >= 4 is 17.7 Å². The molecule has 182 valence electrons. The van der Waals surface area contributed by atoms with Gasteiger partial charge in [0.1, 0.15) is 23.5 Å². The smallest absolute Gasteiger partial charge is 0.251 e. The van der Waals surface area contributed by atoms with E-state index in [4.69, 9.17) is 4.42 Å². The highest BCUT2D eigenvalue weighted by molar-refractivity contribution is 6.00. The van der Waals surface area contributed by atoms with Crippen LogP contribution >= 0.6 is 0 Å². The maximum Gasteiger partial charge on any atom is 0.251 e. The zero-order chi connectivity index (χ0) is 24.7. The van der Waals surface area contributed by atoms with E-state index in [-0.39, 0.29) is 29.6 Å². The SMILES string of the molecule is Cc1nc(C(C(=O)N(C)C)N2C(=O)C(C3Cc4ccccc4C3)NC(=O)[C@H]2CC(C)C)c(C)o1. The second-order valence-corrected chi connectivity index (χ2v) is 10.1. The summed E-state index contributed by atoms with van der Waals surface area (Å²) in [5.41, 5.74) is 2.80. The first-order valence-corrected chi connectivity index (χ1v) is 11.9. The molecule has 8 heteroatoms. The molecular weight excluding hydrogens is 432 g/mol. The molecule has 0 saturated carbocycles. The highest BCUT2D eigenvalue weighted by Gasteiger charge is 2.50. The molecule has 1 aromatic carbocycles. The lowest BCUT2D eigenvalue weighted by molar-refractivity contribution is -0.159. The van der Waals surface area contributed by atoms with Crippen molar-refractivity contribution in [2.75, 3.05) is 14.1 Å². The number of rotatable bonds is 6. The van der Waals surface area contributed by atoms with Crippen LogP contribution in [0.2, 0.25) is 0 Å². The molecule has 2 aliphatic rings. The summed E-state index contributed by atoms with van der Waals surface area (Å²) in [6.45, 7) is 7.46. The molecule has 2 aromatic rings. The summed E-state index contributed by atoms with van der Waals surface area (Å²) in [6, 6.07) is 5.64. The standard InChI is InChI=1S/C26H34N4O4/c1-14(2)11-20-24(31)28-22(19-12-17-9-7-8-10-18(17)13-19)25(32)30(20)23(26(33)29(5)6)21-15(3)34-16(4)27-21/h7-10,14,19-20,22-23H,11-13H2,1-6H3,(H,28,31)/t20-,22?,23?/m1/s1. The Labute approximate surface area is 200 Å². The van der Waals surface area contributed by atoms with Gasteiger partial charge in [-0.05, 0) is 49.1 Å². The minimum atomic E-state index is -1.03. The first kappa shape index (κ1) is 24.0. The number of carbonyl (C=O) groups excluding carboxylic acids is 3. The topological polar surface area (TPSA) is 95.8 Å². The number of hydrogen-bond donors (Lipinski definition) is 1. The number of likely N-dealkylation sites (N-methyl/N-ethyl adjacent to an activating group) is 1. The molecular formula is C26H34N4O4. The summed E-state index contributed by atoms with van der Waals surface area (Å²) in [5.74, 6) is 0.222. The Bertz CT molecular complexity index is 1080. The zero-order valence-corrected chi connectivity index (χ0v) is 20.8. The molecule has 0 bridgehead atoms. The number of aryl methyl sites for hydroxylation is 2. The quantitative estimate of drug-likeness (QED) is 0.706. The van der Waals surface area contributed by atoms with E-state index in [9.17, 15) is 14.4 Å². The van der Waals surface area contributed by atoms with E-state index in [0.717, 1.165) is 0 Å². The van der Waals surface area contributed by atoms with Crippen molar-refractivity contribution in [2.24, 2.45) is 11.8 Å². The van der Waals surface area contributed by atoms with Gasteiger partial charge in [0.15, 0.2) is 11.9 Å². The Kier molecular flexibility index (Phi) is 6.51. The summed E-state index contributed by atoms with van der Waals surface area (Å²) in [5, 5.41) is 3.02. The second kappa shape index (κ2) is 9.24. The molecule has 0 spiro atoms. The monoisotopic (exact) mass is 466 g/mol. The van der Waals surface area contributed by atoms with Gasteiger partial charge in [-0.15, -0.1) is 0 Å². The molecule has 2 heterocycles. The normalized spacial score (nSPS) is 21.6. The van der Waals surface area contributed by atoms with Crippen LogP contribution in [0.25, 0.3) is 0 Å². The third-order valence-electron chi connectivity index (χ3n) is 6.86. The van der Waals surface area contributed by atoms with Crippen LogP contribution in [-0.2, 0) is 27.2 Å². The lowest BCUT2D eigenvalue weighted by Gasteiger charge is -2.44. The maximum atomic E-state index is 14.1. The first-order chi connectivity index (χ1) is 16.1. The number of benzene rings is 1. The van der Waals surface area contributed by atoms with Gasteiger partial charge in [0.2, 0.25) is 11.8 Å². The predicted molar refractivity (Wildman–Crippen MR) is 127 cm³/mol. The Morgan fingerprint density at radius 3 is 2.29 bits per heavy atom. The average molecular weight is 467 g/mol. The van der Waals surface area contributed by atoms with Crippen molar-refractivity contribution in [2.45, 2.75) is 65.1 Å². The number of nitrogens with zero attached hydrogens (tertiary/aromatic N) is 3. The third-order valence-corrected chi connectivity index (χ3v) is 6.86. The molecule has 1 fully saturated rings. The molecule has 3 amide bonds. The maximum absolute atomic E-state index is 14.1. The van der Waals surface area contributed by atoms with Gasteiger partial charge in [-0.2, -0.15) is 0 Å². The van der Waals surface area contributed by atoms with Crippen LogP contribution in [-0.4, -0.2) is 58.7 Å². The molecule has 1 aliphatic carbocycles. The fourth-order valence-electron chi connectivity index (χ4n) is 5.29. The van der Waals surface area contributed by atoms with Crippen LogP contribution in [0.4, 0.5) is 0 Å². The molecule has 2 unspecified atom stereocenters. The van der Waals surface area contributed by atoms with Crippen molar-refractivity contribution < 1.29 is 18.8 Å². The Morgan fingerprint density at radius 1 is 1.18 bits per heavy atom. The van der Waals surface area contributed by atoms with E-state index in [1.807, 2.05) is 26.0 Å². The van der Waals surface area contributed by atoms with Crippen LogP contribution in [0.3, 0.4) is 0 Å². The molecule has 1 aliphatic heterocycles. The number of piperazine rings is 1. The van der Waals surface area contributed by atoms with Crippen LogP contribution in [0.5, 0.6) is 0 Å². The van der Waals surface area contributed by atoms with E-state index in [2.05, 4.69) is 22.4 Å².